The van der Waals surface area contributed by atoms with E-state index in [0.29, 0.717) is 12.8 Å². The average Bonchev–Trinajstić information content (AvgIpc) is 2.82. The summed E-state index contributed by atoms with van der Waals surface area (Å²) in [4.78, 5) is 13.0. The van der Waals surface area contributed by atoms with Gasteiger partial charge in [0.05, 0.1) is 18.1 Å². The van der Waals surface area contributed by atoms with Crippen molar-refractivity contribution in [2.24, 2.45) is 5.92 Å². The predicted octanol–water partition coefficient (Wildman–Crippen LogP) is 8.50. The van der Waals surface area contributed by atoms with Crippen LogP contribution >= 0.6 is 0 Å². The fraction of sp³-hybridized carbons (Fsp3) is 0.968. The zero-order valence-electron chi connectivity index (χ0n) is 24.5. The molecule has 0 radical (unpaired) electrons. The van der Waals surface area contributed by atoms with Crippen LogP contribution in [0.15, 0.2) is 0 Å². The van der Waals surface area contributed by atoms with Crippen LogP contribution in [0.4, 0.5) is 0 Å². The maximum Gasteiger partial charge on any atom is 0.312 e. The van der Waals surface area contributed by atoms with Gasteiger partial charge in [-0.3, -0.25) is 4.79 Å². The standard InChI is InChI=1S/C31H60O5/c1-6-8-10-12-13-14-15-16-17-21-26(35-29-23-19-20-24-34-29)25-28(32)27(22-18-11-9-7-2)30(33)36-31(3,4)5/h26-29,32H,6-25H2,1-5H3/t26?,27-,28?,29?/m1/s1. The Kier molecular flexibility index (Phi) is 18.8. The highest BCUT2D eigenvalue weighted by molar-refractivity contribution is 5.73. The minimum absolute atomic E-state index is 0.0896. The summed E-state index contributed by atoms with van der Waals surface area (Å²) in [6.07, 6.45) is 20.0. The van der Waals surface area contributed by atoms with Gasteiger partial charge in [-0.25, -0.2) is 0 Å². The maximum atomic E-state index is 13.0. The van der Waals surface area contributed by atoms with E-state index in [9.17, 15) is 9.90 Å². The third kappa shape index (κ3) is 17.0. The number of hydrogen-bond acceptors (Lipinski definition) is 5. The Morgan fingerprint density at radius 2 is 1.42 bits per heavy atom. The van der Waals surface area contributed by atoms with Crippen LogP contribution in [0.1, 0.15) is 157 Å². The lowest BCUT2D eigenvalue weighted by Crippen LogP contribution is -2.38. The Morgan fingerprint density at radius 1 is 0.861 bits per heavy atom. The van der Waals surface area contributed by atoms with Gasteiger partial charge in [-0.15, -0.1) is 0 Å². The summed E-state index contributed by atoms with van der Waals surface area (Å²) in [6.45, 7) is 10.9. The Balaban J connectivity index is 2.64. The van der Waals surface area contributed by atoms with Gasteiger partial charge < -0.3 is 19.3 Å². The summed E-state index contributed by atoms with van der Waals surface area (Å²) >= 11 is 0. The van der Waals surface area contributed by atoms with Crippen LogP contribution in [0.3, 0.4) is 0 Å². The van der Waals surface area contributed by atoms with E-state index in [0.717, 1.165) is 64.4 Å². The number of unbranched alkanes of at least 4 members (excludes halogenated alkanes) is 11. The van der Waals surface area contributed by atoms with Crippen molar-refractivity contribution in [3.63, 3.8) is 0 Å². The SMILES string of the molecule is CCCCCCCCCCCC(CC(O)[C@@H](CCCCCC)C(=O)OC(C)(C)C)OC1CCCCO1. The third-order valence-corrected chi connectivity index (χ3v) is 7.16. The summed E-state index contributed by atoms with van der Waals surface area (Å²) in [5, 5.41) is 11.3. The van der Waals surface area contributed by atoms with Crippen molar-refractivity contribution in [1.82, 2.24) is 0 Å². The molecule has 214 valence electrons. The van der Waals surface area contributed by atoms with E-state index in [1.165, 1.54) is 51.4 Å². The number of ether oxygens (including phenoxy) is 3. The Hall–Kier alpha value is -0.650. The van der Waals surface area contributed by atoms with Crippen molar-refractivity contribution in [1.29, 1.82) is 0 Å². The Morgan fingerprint density at radius 3 is 1.97 bits per heavy atom. The van der Waals surface area contributed by atoms with Gasteiger partial charge in [0.2, 0.25) is 0 Å². The first-order chi connectivity index (χ1) is 17.3. The highest BCUT2D eigenvalue weighted by Gasteiger charge is 2.33. The molecule has 0 aliphatic carbocycles. The molecule has 0 amide bonds. The van der Waals surface area contributed by atoms with Crippen LogP contribution in [0.5, 0.6) is 0 Å². The second kappa shape index (κ2) is 20.3. The lowest BCUT2D eigenvalue weighted by Gasteiger charge is -2.31. The van der Waals surface area contributed by atoms with Crippen molar-refractivity contribution >= 4 is 5.97 Å². The topological polar surface area (TPSA) is 65.0 Å². The van der Waals surface area contributed by atoms with Crippen molar-refractivity contribution in [3.8, 4) is 0 Å². The monoisotopic (exact) mass is 512 g/mol. The van der Waals surface area contributed by atoms with E-state index in [1.54, 1.807) is 0 Å². The second-order valence-corrected chi connectivity index (χ2v) is 12.0. The Labute approximate surface area is 223 Å². The number of carbonyl (C=O) groups is 1. The second-order valence-electron chi connectivity index (χ2n) is 12.0. The fourth-order valence-electron chi connectivity index (χ4n) is 5.03. The molecular weight excluding hydrogens is 452 g/mol. The normalized spacial score (nSPS) is 19.1. The number of aliphatic hydroxyl groups is 1. The van der Waals surface area contributed by atoms with E-state index in [2.05, 4.69) is 13.8 Å². The van der Waals surface area contributed by atoms with E-state index >= 15 is 0 Å². The highest BCUT2D eigenvalue weighted by Crippen LogP contribution is 2.27. The first-order valence-corrected chi connectivity index (χ1v) is 15.4. The molecule has 1 heterocycles. The molecule has 0 bridgehead atoms. The number of hydrogen-bond donors (Lipinski definition) is 1. The van der Waals surface area contributed by atoms with E-state index in [-0.39, 0.29) is 18.4 Å². The van der Waals surface area contributed by atoms with Gasteiger partial charge in [0.1, 0.15) is 5.60 Å². The molecular formula is C31H60O5. The Bertz CT molecular complexity index is 524. The molecule has 0 aromatic heterocycles. The van der Waals surface area contributed by atoms with Crippen LogP contribution in [-0.2, 0) is 19.0 Å². The molecule has 3 unspecified atom stereocenters. The summed E-state index contributed by atoms with van der Waals surface area (Å²) in [5.41, 5.74) is -0.555. The molecule has 5 nitrogen and oxygen atoms in total. The number of esters is 1. The molecule has 0 saturated carbocycles. The van der Waals surface area contributed by atoms with Gasteiger partial charge in [-0.05, 0) is 52.9 Å². The first kappa shape index (κ1) is 33.4. The van der Waals surface area contributed by atoms with Gasteiger partial charge in [0, 0.05) is 13.0 Å². The smallest absolute Gasteiger partial charge is 0.312 e. The number of aliphatic hydroxyl groups excluding tert-OH is 1. The maximum absolute atomic E-state index is 13.0. The molecule has 1 aliphatic heterocycles. The molecule has 36 heavy (non-hydrogen) atoms. The molecule has 4 atom stereocenters. The van der Waals surface area contributed by atoms with Crippen LogP contribution in [0.25, 0.3) is 0 Å². The van der Waals surface area contributed by atoms with E-state index in [1.807, 2.05) is 20.8 Å². The quantitative estimate of drug-likeness (QED) is 0.123. The summed E-state index contributed by atoms with van der Waals surface area (Å²) < 4.78 is 17.9. The lowest BCUT2D eigenvalue weighted by atomic mass is 9.90. The van der Waals surface area contributed by atoms with Gasteiger partial charge >= 0.3 is 5.97 Å². The van der Waals surface area contributed by atoms with Gasteiger partial charge in [0.25, 0.3) is 0 Å². The minimum atomic E-state index is -0.756. The zero-order valence-corrected chi connectivity index (χ0v) is 24.5. The van der Waals surface area contributed by atoms with Gasteiger partial charge in [-0.1, -0.05) is 97.3 Å². The van der Waals surface area contributed by atoms with E-state index < -0.39 is 17.6 Å². The lowest BCUT2D eigenvalue weighted by molar-refractivity contribution is -0.197. The van der Waals surface area contributed by atoms with Crippen molar-refractivity contribution in [2.45, 2.75) is 181 Å². The molecule has 0 spiro atoms. The zero-order chi connectivity index (χ0) is 26.7. The number of rotatable bonds is 21. The molecule has 1 rings (SSSR count). The minimum Gasteiger partial charge on any atom is -0.460 e. The van der Waals surface area contributed by atoms with Crippen molar-refractivity contribution in [2.75, 3.05) is 6.61 Å². The number of carbonyl (C=O) groups excluding carboxylic acids is 1. The molecule has 0 aromatic rings. The molecule has 1 fully saturated rings. The average molecular weight is 513 g/mol. The van der Waals surface area contributed by atoms with Crippen LogP contribution < -0.4 is 0 Å². The molecule has 1 aliphatic rings. The van der Waals surface area contributed by atoms with Crippen molar-refractivity contribution in [3.05, 3.63) is 0 Å². The largest absolute Gasteiger partial charge is 0.460 e. The third-order valence-electron chi connectivity index (χ3n) is 7.16. The first-order valence-electron chi connectivity index (χ1n) is 15.4. The fourth-order valence-corrected chi connectivity index (χ4v) is 5.03. The molecule has 0 aromatic carbocycles. The van der Waals surface area contributed by atoms with Crippen LogP contribution in [0.2, 0.25) is 0 Å². The van der Waals surface area contributed by atoms with Gasteiger partial charge in [0.15, 0.2) is 6.29 Å². The summed E-state index contributed by atoms with van der Waals surface area (Å²) in [6, 6.07) is 0. The predicted molar refractivity (Wildman–Crippen MR) is 149 cm³/mol. The van der Waals surface area contributed by atoms with Crippen LogP contribution in [-0.4, -0.2) is 41.8 Å². The molecule has 5 heteroatoms. The van der Waals surface area contributed by atoms with Crippen LogP contribution in [0, 0.1) is 5.92 Å². The van der Waals surface area contributed by atoms with Gasteiger partial charge in [-0.2, -0.15) is 0 Å². The van der Waals surface area contributed by atoms with Crippen molar-refractivity contribution < 1.29 is 24.1 Å². The molecule has 1 N–H and O–H groups in total. The highest BCUT2D eigenvalue weighted by atomic mass is 16.7. The van der Waals surface area contributed by atoms with E-state index in [4.69, 9.17) is 14.2 Å². The summed E-state index contributed by atoms with van der Waals surface area (Å²) in [7, 11) is 0. The summed E-state index contributed by atoms with van der Waals surface area (Å²) in [5.74, 6) is -0.773. The molecule has 1 saturated heterocycles.